The molecule has 4 N–H and O–H groups in total. The van der Waals surface area contributed by atoms with E-state index < -0.39 is 71.2 Å². The highest BCUT2D eigenvalue weighted by molar-refractivity contribution is 7.85. The van der Waals surface area contributed by atoms with Crippen LogP contribution in [0.4, 0.5) is 0 Å². The molecule has 1 heterocycles. The first kappa shape index (κ1) is 58.9. The summed E-state index contributed by atoms with van der Waals surface area (Å²) in [4.78, 5) is 25.5. The summed E-state index contributed by atoms with van der Waals surface area (Å²) in [6.45, 7) is 3.74. The van der Waals surface area contributed by atoms with Gasteiger partial charge in [0.15, 0.2) is 12.4 Å². The number of ether oxygens (including phenoxy) is 4. The zero-order valence-electron chi connectivity index (χ0n) is 39.4. The number of carbonyl (C=O) groups is 2. The Labute approximate surface area is 382 Å². The van der Waals surface area contributed by atoms with Crippen LogP contribution in [-0.4, -0.2) is 96.0 Å². The summed E-state index contributed by atoms with van der Waals surface area (Å²) >= 11 is 0. The van der Waals surface area contributed by atoms with Gasteiger partial charge in [-0.25, -0.2) is 0 Å². The van der Waals surface area contributed by atoms with Gasteiger partial charge in [0.2, 0.25) is 0 Å². The minimum atomic E-state index is -4.61. The van der Waals surface area contributed by atoms with Crippen molar-refractivity contribution in [1.29, 1.82) is 0 Å². The second-order valence-electron chi connectivity index (χ2n) is 17.5. The number of hydrogen-bond donors (Lipinski definition) is 4. The number of rotatable bonds is 42. The van der Waals surface area contributed by atoms with Gasteiger partial charge in [0.1, 0.15) is 36.8 Å². The van der Waals surface area contributed by atoms with Crippen LogP contribution in [0.25, 0.3) is 0 Å². The first-order chi connectivity index (χ1) is 30.5. The normalized spacial score (nSPS) is 20.0. The third-order valence-corrected chi connectivity index (χ3v) is 12.2. The molecule has 63 heavy (non-hydrogen) atoms. The summed E-state index contributed by atoms with van der Waals surface area (Å²) in [7, 11) is -4.61. The Morgan fingerprint density at radius 3 is 1.44 bits per heavy atom. The van der Waals surface area contributed by atoms with Gasteiger partial charge in [-0.2, -0.15) is 8.42 Å². The Hall–Kier alpha value is -2.13. The molecule has 13 heteroatoms. The lowest BCUT2D eigenvalue weighted by Gasteiger charge is -2.40. The molecule has 0 amide bonds. The zero-order chi connectivity index (χ0) is 46.2. The van der Waals surface area contributed by atoms with E-state index in [0.717, 1.165) is 64.2 Å². The monoisotopic (exact) mass is 915 g/mol. The number of aliphatic hydroxyl groups is 3. The maximum atomic E-state index is 12.8. The Morgan fingerprint density at radius 1 is 0.540 bits per heavy atom. The van der Waals surface area contributed by atoms with Crippen LogP contribution in [0, 0.1) is 0 Å². The summed E-state index contributed by atoms with van der Waals surface area (Å²) in [6.07, 6.45) is 37.5. The molecule has 0 saturated carbocycles. The SMILES string of the molecule is CCCCC/C=C/C/C=C/C/C=C/CCCCCCC(=O)O[C@H](COC(=O)CCCCCCCCCCCCCCCCCCCC)CO[C@H]1O[C@H](CS(=O)(=O)O)[C@@H](O)C(O)C1O. The fraction of sp³-hybridized carbons (Fsp3) is 0.840. The molecule has 0 aromatic heterocycles. The lowest BCUT2D eigenvalue weighted by molar-refractivity contribution is -0.297. The second kappa shape index (κ2) is 40.2. The van der Waals surface area contributed by atoms with Crippen LogP contribution >= 0.6 is 0 Å². The summed E-state index contributed by atoms with van der Waals surface area (Å²) in [5.41, 5.74) is 0. The lowest BCUT2D eigenvalue weighted by Crippen LogP contribution is -2.60. The molecule has 0 radical (unpaired) electrons. The first-order valence-electron chi connectivity index (χ1n) is 25.0. The molecule has 1 aliphatic rings. The molecule has 368 valence electrons. The zero-order valence-corrected chi connectivity index (χ0v) is 40.2. The highest BCUT2D eigenvalue weighted by Crippen LogP contribution is 2.24. The van der Waals surface area contributed by atoms with Gasteiger partial charge >= 0.3 is 11.9 Å². The van der Waals surface area contributed by atoms with Crippen molar-refractivity contribution in [1.82, 2.24) is 0 Å². The van der Waals surface area contributed by atoms with Gasteiger partial charge in [0.25, 0.3) is 10.1 Å². The largest absolute Gasteiger partial charge is 0.462 e. The Morgan fingerprint density at radius 2 is 0.952 bits per heavy atom. The number of hydrogen-bond acceptors (Lipinski definition) is 11. The van der Waals surface area contributed by atoms with E-state index in [4.69, 9.17) is 18.9 Å². The maximum Gasteiger partial charge on any atom is 0.306 e. The number of carbonyl (C=O) groups excluding carboxylic acids is 2. The topological polar surface area (TPSA) is 186 Å². The molecule has 0 aliphatic carbocycles. The lowest BCUT2D eigenvalue weighted by atomic mass is 10.00. The summed E-state index contributed by atoms with van der Waals surface area (Å²) < 4.78 is 54.2. The number of aliphatic hydroxyl groups excluding tert-OH is 3. The quantitative estimate of drug-likeness (QED) is 0.0197. The van der Waals surface area contributed by atoms with Crippen molar-refractivity contribution < 1.29 is 56.8 Å². The fourth-order valence-electron chi connectivity index (χ4n) is 7.57. The van der Waals surface area contributed by atoms with Crippen LogP contribution in [0.5, 0.6) is 0 Å². The molecule has 1 rings (SSSR count). The molecule has 12 nitrogen and oxygen atoms in total. The highest BCUT2D eigenvalue weighted by atomic mass is 32.2. The minimum absolute atomic E-state index is 0.140. The van der Waals surface area contributed by atoms with E-state index in [2.05, 4.69) is 50.3 Å². The standard InChI is InChI=1S/C50H90O12S/c1-3-5-7-9-11-13-15-17-19-21-23-24-26-28-30-32-34-36-38-45(51)59-40-43(41-60-50-49(55)48(54)47(53)44(62-50)42-63(56,57)58)61-46(52)39-37-35-33-31-29-27-25-22-20-18-16-14-12-10-8-6-4-2/h12,14,18,20,25,27,43-44,47-50,53-55H,3-11,13,15-17,19,21-24,26,28-42H2,1-2H3,(H,56,57,58)/b14-12+,20-18+,27-25+/t43-,44-,47-,48?,49?,50+/m1/s1. The Balaban J connectivity index is 2.40. The molecule has 0 aromatic carbocycles. The summed E-state index contributed by atoms with van der Waals surface area (Å²) in [5, 5.41) is 30.9. The Kier molecular flexibility index (Phi) is 37.5. The molecule has 0 spiro atoms. The van der Waals surface area contributed by atoms with Gasteiger partial charge < -0.3 is 34.3 Å². The van der Waals surface area contributed by atoms with Crippen LogP contribution in [0.2, 0.25) is 0 Å². The average Bonchev–Trinajstić information content (AvgIpc) is 3.25. The van der Waals surface area contributed by atoms with Crippen molar-refractivity contribution in [3.05, 3.63) is 36.5 Å². The molecule has 1 saturated heterocycles. The fourth-order valence-corrected chi connectivity index (χ4v) is 8.26. The van der Waals surface area contributed by atoms with Crippen LogP contribution in [-0.2, 0) is 38.7 Å². The molecule has 0 bridgehead atoms. The third kappa shape index (κ3) is 34.8. The minimum Gasteiger partial charge on any atom is -0.462 e. The van der Waals surface area contributed by atoms with E-state index in [0.29, 0.717) is 12.8 Å². The average molecular weight is 915 g/mol. The number of esters is 2. The highest BCUT2D eigenvalue weighted by Gasteiger charge is 2.46. The van der Waals surface area contributed by atoms with Crippen LogP contribution < -0.4 is 0 Å². The molecular weight excluding hydrogens is 825 g/mol. The van der Waals surface area contributed by atoms with Gasteiger partial charge in [0, 0.05) is 12.8 Å². The molecule has 1 fully saturated rings. The van der Waals surface area contributed by atoms with Gasteiger partial charge in [-0.3, -0.25) is 14.1 Å². The molecule has 1 aliphatic heterocycles. The number of allylic oxidation sites excluding steroid dienone is 6. The van der Waals surface area contributed by atoms with E-state index in [1.165, 1.54) is 109 Å². The van der Waals surface area contributed by atoms with Gasteiger partial charge in [-0.05, 0) is 51.4 Å². The molecule has 0 aromatic rings. The summed E-state index contributed by atoms with van der Waals surface area (Å²) in [6, 6.07) is 0. The predicted molar refractivity (Wildman–Crippen MR) is 252 cm³/mol. The second-order valence-corrected chi connectivity index (χ2v) is 19.0. The number of unbranched alkanes of at least 4 members (excludes halogenated alkanes) is 24. The van der Waals surface area contributed by atoms with E-state index in [1.807, 2.05) is 0 Å². The van der Waals surface area contributed by atoms with Crippen molar-refractivity contribution in [2.45, 2.75) is 250 Å². The van der Waals surface area contributed by atoms with Crippen molar-refractivity contribution in [3.8, 4) is 0 Å². The third-order valence-electron chi connectivity index (χ3n) is 11.5. The van der Waals surface area contributed by atoms with E-state index in [9.17, 15) is 37.9 Å². The maximum absolute atomic E-state index is 12.8. The van der Waals surface area contributed by atoms with Crippen molar-refractivity contribution in [3.63, 3.8) is 0 Å². The predicted octanol–water partition coefficient (Wildman–Crippen LogP) is 11.0. The summed E-state index contributed by atoms with van der Waals surface area (Å²) in [5.74, 6) is -2.00. The molecular formula is C50H90O12S. The van der Waals surface area contributed by atoms with Crippen LogP contribution in [0.3, 0.4) is 0 Å². The molecule has 6 atom stereocenters. The van der Waals surface area contributed by atoms with Crippen molar-refractivity contribution in [2.24, 2.45) is 0 Å². The first-order valence-corrected chi connectivity index (χ1v) is 26.7. The van der Waals surface area contributed by atoms with Crippen LogP contribution in [0.1, 0.15) is 213 Å². The van der Waals surface area contributed by atoms with E-state index in [1.54, 1.807) is 0 Å². The smallest absolute Gasteiger partial charge is 0.306 e. The van der Waals surface area contributed by atoms with Gasteiger partial charge in [-0.15, -0.1) is 0 Å². The molecule has 2 unspecified atom stereocenters. The van der Waals surface area contributed by atoms with Crippen LogP contribution in [0.15, 0.2) is 36.5 Å². The van der Waals surface area contributed by atoms with E-state index in [-0.39, 0.29) is 19.4 Å². The van der Waals surface area contributed by atoms with Crippen molar-refractivity contribution in [2.75, 3.05) is 19.0 Å². The Bertz CT molecular complexity index is 1300. The van der Waals surface area contributed by atoms with Gasteiger partial charge in [-0.1, -0.05) is 185 Å². The van der Waals surface area contributed by atoms with E-state index >= 15 is 0 Å². The van der Waals surface area contributed by atoms with Gasteiger partial charge in [0.05, 0.1) is 6.61 Å². The van der Waals surface area contributed by atoms with Crippen molar-refractivity contribution >= 4 is 22.1 Å².